The fourth-order valence-corrected chi connectivity index (χ4v) is 3.70. The molecule has 21 heavy (non-hydrogen) atoms. The van der Waals surface area contributed by atoms with Gasteiger partial charge in [-0.15, -0.1) is 0 Å². The van der Waals surface area contributed by atoms with Crippen molar-refractivity contribution in [3.8, 4) is 0 Å². The molecule has 1 saturated carbocycles. The Morgan fingerprint density at radius 1 is 1.19 bits per heavy atom. The van der Waals surface area contributed by atoms with Gasteiger partial charge in [-0.25, -0.2) is 0 Å². The van der Waals surface area contributed by atoms with Gasteiger partial charge in [0, 0.05) is 24.4 Å². The molecule has 5 heteroatoms. The van der Waals surface area contributed by atoms with E-state index in [2.05, 4.69) is 30.9 Å². The fourth-order valence-electron chi connectivity index (χ4n) is 2.56. The number of aliphatic hydroxyl groups is 1. The van der Waals surface area contributed by atoms with E-state index in [1.165, 1.54) is 25.0 Å². The second kappa shape index (κ2) is 12.7. The second-order valence-electron chi connectivity index (χ2n) is 5.69. The summed E-state index contributed by atoms with van der Waals surface area (Å²) in [6.45, 7) is 7.39. The SMILES string of the molecule is CCCCOCCOCC(O)CNC1CCC(SCC)C1. The lowest BCUT2D eigenvalue weighted by molar-refractivity contribution is 0.00325. The Labute approximate surface area is 134 Å². The molecule has 1 aliphatic rings. The zero-order valence-electron chi connectivity index (χ0n) is 13.7. The van der Waals surface area contributed by atoms with E-state index >= 15 is 0 Å². The summed E-state index contributed by atoms with van der Waals surface area (Å²) in [5, 5.41) is 14.2. The van der Waals surface area contributed by atoms with Gasteiger partial charge in [0.05, 0.1) is 25.9 Å². The number of rotatable bonds is 13. The van der Waals surface area contributed by atoms with Gasteiger partial charge in [0.25, 0.3) is 0 Å². The summed E-state index contributed by atoms with van der Waals surface area (Å²) in [4.78, 5) is 0. The lowest BCUT2D eigenvalue weighted by atomic mass is 10.2. The lowest BCUT2D eigenvalue weighted by Crippen LogP contribution is -2.36. The molecule has 0 aromatic carbocycles. The highest BCUT2D eigenvalue weighted by molar-refractivity contribution is 7.99. The molecule has 0 saturated heterocycles. The van der Waals surface area contributed by atoms with Crippen LogP contribution in [0.4, 0.5) is 0 Å². The maximum absolute atomic E-state index is 9.89. The highest BCUT2D eigenvalue weighted by atomic mass is 32.2. The third-order valence-electron chi connectivity index (χ3n) is 3.75. The van der Waals surface area contributed by atoms with E-state index in [0.717, 1.165) is 24.7 Å². The molecule has 0 aliphatic heterocycles. The van der Waals surface area contributed by atoms with Crippen LogP contribution < -0.4 is 5.32 Å². The second-order valence-corrected chi connectivity index (χ2v) is 7.27. The van der Waals surface area contributed by atoms with Gasteiger partial charge in [0.1, 0.15) is 0 Å². The highest BCUT2D eigenvalue weighted by Gasteiger charge is 2.24. The topological polar surface area (TPSA) is 50.7 Å². The molecule has 0 aromatic rings. The van der Waals surface area contributed by atoms with Crippen molar-refractivity contribution in [1.82, 2.24) is 5.32 Å². The summed E-state index contributed by atoms with van der Waals surface area (Å²) in [6.07, 6.45) is 5.61. The van der Waals surface area contributed by atoms with Crippen LogP contribution in [0, 0.1) is 0 Å². The lowest BCUT2D eigenvalue weighted by Gasteiger charge is -2.17. The Morgan fingerprint density at radius 3 is 2.76 bits per heavy atom. The van der Waals surface area contributed by atoms with Gasteiger partial charge in [-0.05, 0) is 31.4 Å². The summed E-state index contributed by atoms with van der Waals surface area (Å²) in [7, 11) is 0. The molecule has 2 N–H and O–H groups in total. The minimum absolute atomic E-state index is 0.393. The first-order valence-electron chi connectivity index (χ1n) is 8.44. The molecule has 3 unspecified atom stereocenters. The molecule has 1 rings (SSSR count). The predicted molar refractivity (Wildman–Crippen MR) is 90.1 cm³/mol. The quantitative estimate of drug-likeness (QED) is 0.511. The van der Waals surface area contributed by atoms with Gasteiger partial charge in [0.2, 0.25) is 0 Å². The smallest absolute Gasteiger partial charge is 0.0897 e. The van der Waals surface area contributed by atoms with Crippen LogP contribution in [-0.2, 0) is 9.47 Å². The van der Waals surface area contributed by atoms with Crippen molar-refractivity contribution in [1.29, 1.82) is 0 Å². The molecular formula is C16H33NO3S. The van der Waals surface area contributed by atoms with Crippen molar-refractivity contribution in [3.05, 3.63) is 0 Å². The Hall–Kier alpha value is 0.190. The van der Waals surface area contributed by atoms with Gasteiger partial charge >= 0.3 is 0 Å². The minimum Gasteiger partial charge on any atom is -0.389 e. The fraction of sp³-hybridized carbons (Fsp3) is 1.00. The van der Waals surface area contributed by atoms with Crippen LogP contribution in [0.1, 0.15) is 46.0 Å². The maximum atomic E-state index is 9.89. The molecule has 1 aliphatic carbocycles. The van der Waals surface area contributed by atoms with Crippen molar-refractivity contribution >= 4 is 11.8 Å². The first kappa shape index (κ1) is 19.2. The Kier molecular flexibility index (Phi) is 11.6. The number of ether oxygens (including phenoxy) is 2. The van der Waals surface area contributed by atoms with Crippen LogP contribution in [0.15, 0.2) is 0 Å². The average molecular weight is 320 g/mol. The molecule has 4 nitrogen and oxygen atoms in total. The average Bonchev–Trinajstić information content (AvgIpc) is 2.92. The molecule has 0 amide bonds. The van der Waals surface area contributed by atoms with Crippen molar-refractivity contribution in [2.75, 3.05) is 38.7 Å². The zero-order valence-corrected chi connectivity index (χ0v) is 14.5. The van der Waals surface area contributed by atoms with Crippen molar-refractivity contribution < 1.29 is 14.6 Å². The normalized spacial score (nSPS) is 23.6. The minimum atomic E-state index is -0.418. The van der Waals surface area contributed by atoms with Crippen LogP contribution >= 0.6 is 11.8 Å². The van der Waals surface area contributed by atoms with E-state index in [4.69, 9.17) is 9.47 Å². The van der Waals surface area contributed by atoms with E-state index < -0.39 is 6.10 Å². The number of hydrogen-bond donors (Lipinski definition) is 2. The van der Waals surface area contributed by atoms with E-state index in [1.54, 1.807) is 0 Å². The van der Waals surface area contributed by atoms with E-state index in [1.807, 2.05) is 0 Å². The third kappa shape index (κ3) is 9.74. The number of hydrogen-bond acceptors (Lipinski definition) is 5. The molecule has 0 aromatic heterocycles. The monoisotopic (exact) mass is 319 g/mol. The van der Waals surface area contributed by atoms with Gasteiger partial charge in [0.15, 0.2) is 0 Å². The van der Waals surface area contributed by atoms with Gasteiger partial charge in [-0.1, -0.05) is 20.3 Å². The first-order chi connectivity index (χ1) is 10.3. The van der Waals surface area contributed by atoms with Crippen LogP contribution in [0.5, 0.6) is 0 Å². The number of nitrogens with one attached hydrogen (secondary N) is 1. The number of aliphatic hydroxyl groups excluding tert-OH is 1. The Morgan fingerprint density at radius 2 is 2.00 bits per heavy atom. The molecule has 1 fully saturated rings. The van der Waals surface area contributed by atoms with Gasteiger partial charge in [-0.3, -0.25) is 0 Å². The molecule has 0 heterocycles. The number of thioether (sulfide) groups is 1. The Balaban J connectivity index is 1.91. The highest BCUT2D eigenvalue weighted by Crippen LogP contribution is 2.29. The van der Waals surface area contributed by atoms with Crippen molar-refractivity contribution in [3.63, 3.8) is 0 Å². The maximum Gasteiger partial charge on any atom is 0.0897 e. The van der Waals surface area contributed by atoms with Crippen LogP contribution in [-0.4, -0.2) is 61.2 Å². The third-order valence-corrected chi connectivity index (χ3v) is 4.99. The summed E-state index contributed by atoms with van der Waals surface area (Å²) in [6, 6.07) is 0.570. The van der Waals surface area contributed by atoms with E-state index in [0.29, 0.717) is 32.4 Å². The molecule has 126 valence electrons. The zero-order chi connectivity index (χ0) is 15.3. The van der Waals surface area contributed by atoms with Gasteiger partial charge in [-0.2, -0.15) is 11.8 Å². The van der Waals surface area contributed by atoms with Gasteiger partial charge < -0.3 is 19.9 Å². The van der Waals surface area contributed by atoms with Crippen molar-refractivity contribution in [2.24, 2.45) is 0 Å². The standard InChI is InChI=1S/C16H33NO3S/c1-3-5-8-19-9-10-20-13-15(18)12-17-14-6-7-16(11-14)21-4-2/h14-18H,3-13H2,1-2H3. The predicted octanol–water partition coefficient (Wildman–Crippen LogP) is 2.44. The summed E-state index contributed by atoms with van der Waals surface area (Å²) < 4.78 is 10.8. The molecular weight excluding hydrogens is 286 g/mol. The number of unbranched alkanes of at least 4 members (excludes halogenated alkanes) is 1. The largest absolute Gasteiger partial charge is 0.389 e. The molecule has 0 bridgehead atoms. The van der Waals surface area contributed by atoms with Crippen LogP contribution in [0.3, 0.4) is 0 Å². The first-order valence-corrected chi connectivity index (χ1v) is 9.49. The Bertz CT molecular complexity index is 244. The summed E-state index contributed by atoms with van der Waals surface area (Å²) in [5.41, 5.74) is 0. The molecule has 0 radical (unpaired) electrons. The van der Waals surface area contributed by atoms with Crippen LogP contribution in [0.2, 0.25) is 0 Å². The molecule has 0 spiro atoms. The van der Waals surface area contributed by atoms with E-state index in [9.17, 15) is 5.11 Å². The summed E-state index contributed by atoms with van der Waals surface area (Å²) in [5.74, 6) is 1.20. The van der Waals surface area contributed by atoms with Crippen LogP contribution in [0.25, 0.3) is 0 Å². The summed E-state index contributed by atoms with van der Waals surface area (Å²) >= 11 is 2.06. The van der Waals surface area contributed by atoms with Crippen molar-refractivity contribution in [2.45, 2.75) is 63.3 Å². The molecule has 3 atom stereocenters. The van der Waals surface area contributed by atoms with E-state index in [-0.39, 0.29) is 0 Å².